The van der Waals surface area contributed by atoms with Gasteiger partial charge in [-0.25, -0.2) is 13.1 Å². The summed E-state index contributed by atoms with van der Waals surface area (Å²) in [4.78, 5) is 20.1. The van der Waals surface area contributed by atoms with Crippen molar-refractivity contribution in [3.63, 3.8) is 0 Å². The van der Waals surface area contributed by atoms with E-state index in [4.69, 9.17) is 5.11 Å². The number of sulfonamides is 1. The molecule has 1 rings (SSSR count). The van der Waals surface area contributed by atoms with Gasteiger partial charge in [0.1, 0.15) is 0 Å². The smallest absolute Gasteiger partial charge is 0.304 e. The SMILES string of the molecule is O=C(O)CCS(=O)(=O)NCc1ccc([N+](=O)[O-])cc1. The Morgan fingerprint density at radius 1 is 1.32 bits per heavy atom. The van der Waals surface area contributed by atoms with E-state index >= 15 is 0 Å². The number of aliphatic carboxylic acids is 1. The van der Waals surface area contributed by atoms with Crippen molar-refractivity contribution in [2.75, 3.05) is 5.75 Å². The molecule has 0 aliphatic heterocycles. The van der Waals surface area contributed by atoms with Crippen LogP contribution in [0.25, 0.3) is 0 Å². The van der Waals surface area contributed by atoms with Gasteiger partial charge in [0.05, 0.1) is 17.1 Å². The first-order valence-electron chi connectivity index (χ1n) is 5.22. The van der Waals surface area contributed by atoms with Crippen LogP contribution in [0.5, 0.6) is 0 Å². The maximum atomic E-state index is 11.4. The summed E-state index contributed by atoms with van der Waals surface area (Å²) in [5.41, 5.74) is 0.460. The van der Waals surface area contributed by atoms with Crippen molar-refractivity contribution >= 4 is 21.7 Å². The zero-order chi connectivity index (χ0) is 14.5. The van der Waals surface area contributed by atoms with Crippen LogP contribution >= 0.6 is 0 Å². The highest BCUT2D eigenvalue weighted by molar-refractivity contribution is 7.89. The van der Waals surface area contributed by atoms with Crippen molar-refractivity contribution in [1.29, 1.82) is 0 Å². The molecule has 0 spiro atoms. The third-order valence-corrected chi connectivity index (χ3v) is 3.55. The highest BCUT2D eigenvalue weighted by Crippen LogP contribution is 2.11. The molecule has 0 radical (unpaired) electrons. The van der Waals surface area contributed by atoms with Gasteiger partial charge in [0.15, 0.2) is 0 Å². The lowest BCUT2D eigenvalue weighted by molar-refractivity contribution is -0.384. The molecule has 0 bridgehead atoms. The molecule has 8 nitrogen and oxygen atoms in total. The van der Waals surface area contributed by atoms with Gasteiger partial charge in [0.25, 0.3) is 5.69 Å². The predicted molar refractivity (Wildman–Crippen MR) is 66.0 cm³/mol. The monoisotopic (exact) mass is 288 g/mol. The van der Waals surface area contributed by atoms with Crippen LogP contribution in [0, 0.1) is 10.1 Å². The number of benzene rings is 1. The first kappa shape index (κ1) is 15.1. The van der Waals surface area contributed by atoms with Gasteiger partial charge >= 0.3 is 5.97 Å². The lowest BCUT2D eigenvalue weighted by Gasteiger charge is -2.05. The van der Waals surface area contributed by atoms with Crippen LogP contribution < -0.4 is 4.72 Å². The fourth-order valence-electron chi connectivity index (χ4n) is 1.22. The molecule has 0 unspecified atom stereocenters. The Balaban J connectivity index is 2.56. The van der Waals surface area contributed by atoms with E-state index in [2.05, 4.69) is 4.72 Å². The predicted octanol–water partition coefficient (Wildman–Crippen LogP) is 0.489. The van der Waals surface area contributed by atoms with Gasteiger partial charge in [-0.2, -0.15) is 0 Å². The van der Waals surface area contributed by atoms with Crippen molar-refractivity contribution in [2.45, 2.75) is 13.0 Å². The first-order chi connectivity index (χ1) is 8.80. The van der Waals surface area contributed by atoms with Crippen LogP contribution in [0.15, 0.2) is 24.3 Å². The quantitative estimate of drug-likeness (QED) is 0.555. The number of nitro benzene ring substituents is 1. The van der Waals surface area contributed by atoms with Gasteiger partial charge < -0.3 is 5.11 Å². The van der Waals surface area contributed by atoms with E-state index in [0.29, 0.717) is 5.56 Å². The van der Waals surface area contributed by atoms with Crippen LogP contribution in [0.4, 0.5) is 5.69 Å². The number of carboxylic acids is 1. The Morgan fingerprint density at radius 2 is 1.89 bits per heavy atom. The fourth-order valence-corrected chi connectivity index (χ4v) is 2.20. The Labute approximate surface area is 109 Å². The molecule has 9 heteroatoms. The van der Waals surface area contributed by atoms with E-state index in [-0.39, 0.29) is 12.2 Å². The van der Waals surface area contributed by atoms with E-state index in [0.717, 1.165) is 0 Å². The maximum Gasteiger partial charge on any atom is 0.304 e. The van der Waals surface area contributed by atoms with Crippen LogP contribution in [0.2, 0.25) is 0 Å². The van der Waals surface area contributed by atoms with Gasteiger partial charge in [-0.05, 0) is 5.56 Å². The molecule has 0 aliphatic rings. The van der Waals surface area contributed by atoms with Gasteiger partial charge in [0.2, 0.25) is 10.0 Å². The van der Waals surface area contributed by atoms with Crippen LogP contribution in [-0.2, 0) is 21.4 Å². The second-order valence-electron chi connectivity index (χ2n) is 3.71. The van der Waals surface area contributed by atoms with Crippen LogP contribution in [0.3, 0.4) is 0 Å². The lowest BCUT2D eigenvalue weighted by Crippen LogP contribution is -2.27. The summed E-state index contributed by atoms with van der Waals surface area (Å²) in [6.45, 7) is -0.0417. The summed E-state index contributed by atoms with van der Waals surface area (Å²) in [6.07, 6.45) is -0.477. The van der Waals surface area contributed by atoms with Crippen molar-refractivity contribution < 1.29 is 23.2 Å². The summed E-state index contributed by atoms with van der Waals surface area (Å²) in [5, 5.41) is 18.8. The molecule has 0 atom stereocenters. The Bertz CT molecular complexity index is 566. The van der Waals surface area contributed by atoms with E-state index in [1.165, 1.54) is 24.3 Å². The third-order valence-electron chi connectivity index (χ3n) is 2.23. The topological polar surface area (TPSA) is 127 Å². The first-order valence-corrected chi connectivity index (χ1v) is 6.88. The maximum absolute atomic E-state index is 11.4. The molecule has 19 heavy (non-hydrogen) atoms. The number of non-ortho nitro benzene ring substituents is 1. The zero-order valence-corrected chi connectivity index (χ0v) is 10.6. The van der Waals surface area contributed by atoms with Gasteiger partial charge in [-0.1, -0.05) is 12.1 Å². The number of hydrogen-bond donors (Lipinski definition) is 2. The summed E-state index contributed by atoms with van der Waals surface area (Å²) < 4.78 is 25.0. The van der Waals surface area contributed by atoms with Gasteiger partial charge in [-0.15, -0.1) is 0 Å². The van der Waals surface area contributed by atoms with Crippen molar-refractivity contribution in [1.82, 2.24) is 4.72 Å². The lowest BCUT2D eigenvalue weighted by atomic mass is 10.2. The highest BCUT2D eigenvalue weighted by atomic mass is 32.2. The molecule has 1 aromatic rings. The molecule has 1 aromatic carbocycles. The molecular formula is C10H12N2O6S. The molecule has 104 valence electrons. The Hall–Kier alpha value is -2.00. The highest BCUT2D eigenvalue weighted by Gasteiger charge is 2.12. The summed E-state index contributed by atoms with van der Waals surface area (Å²) >= 11 is 0. The van der Waals surface area contributed by atoms with E-state index in [1.54, 1.807) is 0 Å². The average Bonchev–Trinajstić information content (AvgIpc) is 2.35. The molecule has 0 heterocycles. The molecule has 0 aromatic heterocycles. The van der Waals surface area contributed by atoms with E-state index in [1.807, 2.05) is 0 Å². The number of nitrogens with zero attached hydrogens (tertiary/aromatic N) is 1. The number of hydrogen-bond acceptors (Lipinski definition) is 5. The number of nitrogens with one attached hydrogen (secondary N) is 1. The number of carboxylic acid groups (broad SMARTS) is 1. The van der Waals surface area contributed by atoms with Crippen LogP contribution in [-0.4, -0.2) is 30.2 Å². The summed E-state index contributed by atoms with van der Waals surface area (Å²) in [6, 6.07) is 5.39. The minimum absolute atomic E-state index is 0.0417. The Kier molecular flexibility index (Phi) is 4.95. The number of nitro groups is 1. The fraction of sp³-hybridized carbons (Fsp3) is 0.300. The third kappa shape index (κ3) is 5.44. The molecule has 0 saturated heterocycles. The molecule has 0 amide bonds. The molecular weight excluding hydrogens is 276 g/mol. The largest absolute Gasteiger partial charge is 0.481 e. The minimum Gasteiger partial charge on any atom is -0.481 e. The van der Waals surface area contributed by atoms with E-state index in [9.17, 15) is 23.3 Å². The normalized spacial score (nSPS) is 11.2. The van der Waals surface area contributed by atoms with Gasteiger partial charge in [-0.3, -0.25) is 14.9 Å². The molecule has 0 aliphatic carbocycles. The van der Waals surface area contributed by atoms with Crippen LogP contribution in [0.1, 0.15) is 12.0 Å². The van der Waals surface area contributed by atoms with Crippen molar-refractivity contribution in [2.24, 2.45) is 0 Å². The number of carbonyl (C=O) groups is 1. The summed E-state index contributed by atoms with van der Waals surface area (Å²) in [5.74, 6) is -1.70. The molecule has 2 N–H and O–H groups in total. The Morgan fingerprint density at radius 3 is 2.37 bits per heavy atom. The standard InChI is InChI=1S/C10H12N2O6S/c13-10(14)5-6-19(17,18)11-7-8-1-3-9(4-2-8)12(15)16/h1-4,11H,5-7H2,(H,13,14). The molecule has 0 saturated carbocycles. The minimum atomic E-state index is -3.67. The summed E-state index contributed by atoms with van der Waals surface area (Å²) in [7, 11) is -3.67. The second kappa shape index (κ2) is 6.25. The average molecular weight is 288 g/mol. The van der Waals surface area contributed by atoms with Gasteiger partial charge in [0, 0.05) is 18.7 Å². The number of rotatable bonds is 7. The van der Waals surface area contributed by atoms with E-state index < -0.39 is 33.1 Å². The van der Waals surface area contributed by atoms with Crippen molar-refractivity contribution in [3.8, 4) is 0 Å². The van der Waals surface area contributed by atoms with Crippen molar-refractivity contribution in [3.05, 3.63) is 39.9 Å². The molecule has 0 fully saturated rings. The zero-order valence-electron chi connectivity index (χ0n) is 9.77. The second-order valence-corrected chi connectivity index (χ2v) is 5.63.